The maximum Gasteiger partial charge on any atom is 0.346 e. The van der Waals surface area contributed by atoms with E-state index in [2.05, 4.69) is 5.16 Å². The third-order valence-electron chi connectivity index (χ3n) is 3.13. The minimum atomic E-state index is -3.59. The van der Waals surface area contributed by atoms with Crippen molar-refractivity contribution in [2.24, 2.45) is 0 Å². The summed E-state index contributed by atoms with van der Waals surface area (Å²) in [5.74, 6) is -0.899. The average molecular weight is 293 g/mol. The molecule has 7 heteroatoms. The van der Waals surface area contributed by atoms with Gasteiger partial charge < -0.3 is 9.26 Å². The van der Waals surface area contributed by atoms with Gasteiger partial charge in [0.15, 0.2) is 9.84 Å². The fraction of sp³-hybridized carbons (Fsp3) is 0.231. The van der Waals surface area contributed by atoms with Crippen molar-refractivity contribution in [1.82, 2.24) is 5.16 Å². The number of carbonyl (C=O) groups is 1. The number of rotatable bonds is 3. The number of cyclic esters (lactones) is 1. The maximum absolute atomic E-state index is 11.9. The molecule has 20 heavy (non-hydrogen) atoms. The van der Waals surface area contributed by atoms with Crippen LogP contribution in [0.3, 0.4) is 0 Å². The summed E-state index contributed by atoms with van der Waals surface area (Å²) in [6.45, 7) is 1.48. The Morgan fingerprint density at radius 2 is 1.95 bits per heavy atom. The van der Waals surface area contributed by atoms with Crippen LogP contribution in [0.15, 0.2) is 34.9 Å². The Balaban J connectivity index is 2.14. The first-order chi connectivity index (χ1) is 9.54. The minimum absolute atomic E-state index is 0.0318. The number of fused-ring (bicyclic) bond motifs is 1. The molecule has 0 aliphatic carbocycles. The number of benzene rings is 1. The maximum atomic E-state index is 11.9. The van der Waals surface area contributed by atoms with E-state index >= 15 is 0 Å². The summed E-state index contributed by atoms with van der Waals surface area (Å²) in [5.41, 5.74) is -0.318. The van der Waals surface area contributed by atoms with Crippen LogP contribution < -0.4 is 0 Å². The molecule has 1 atom stereocenters. The highest BCUT2D eigenvalue weighted by Gasteiger charge is 2.45. The van der Waals surface area contributed by atoms with Crippen LogP contribution in [0.25, 0.3) is 11.3 Å². The Labute approximate surface area is 115 Å². The zero-order valence-corrected chi connectivity index (χ0v) is 11.4. The number of hydrogen-bond donors (Lipinski definition) is 0. The second-order valence-corrected chi connectivity index (χ2v) is 6.66. The largest absolute Gasteiger partial charge is 0.434 e. The lowest BCUT2D eigenvalue weighted by atomic mass is 10.1. The zero-order valence-electron chi connectivity index (χ0n) is 10.6. The molecule has 0 bridgehead atoms. The van der Waals surface area contributed by atoms with Crippen molar-refractivity contribution in [3.05, 3.63) is 41.7 Å². The summed E-state index contributed by atoms with van der Waals surface area (Å²) in [6.07, 6.45) is 0. The van der Waals surface area contributed by atoms with Gasteiger partial charge in [-0.05, 0) is 0 Å². The molecule has 0 radical (unpaired) electrons. The first kappa shape index (κ1) is 12.9. The summed E-state index contributed by atoms with van der Waals surface area (Å²) in [6, 6.07) is 8.92. The Bertz CT molecular complexity index is 763. The molecule has 0 saturated heterocycles. The van der Waals surface area contributed by atoms with E-state index in [1.54, 1.807) is 24.3 Å². The van der Waals surface area contributed by atoms with E-state index in [0.717, 1.165) is 0 Å². The number of sulfone groups is 1. The van der Waals surface area contributed by atoms with Gasteiger partial charge in [0, 0.05) is 5.56 Å². The number of nitrogens with zero attached hydrogens (tertiary/aromatic N) is 1. The fourth-order valence-corrected chi connectivity index (χ4v) is 3.08. The molecule has 2 aromatic rings. The topological polar surface area (TPSA) is 86.5 Å². The molecule has 2 heterocycles. The lowest BCUT2D eigenvalue weighted by molar-refractivity contribution is 0.0484. The van der Waals surface area contributed by atoms with Crippen LogP contribution in [-0.4, -0.2) is 25.3 Å². The third-order valence-corrected chi connectivity index (χ3v) is 4.89. The van der Waals surface area contributed by atoms with Crippen LogP contribution in [-0.2, 0) is 14.6 Å². The fourth-order valence-electron chi connectivity index (χ4n) is 2.05. The molecule has 104 valence electrons. The molecule has 1 aliphatic rings. The summed E-state index contributed by atoms with van der Waals surface area (Å²) >= 11 is 0. The molecule has 0 N–H and O–H groups in total. The van der Waals surface area contributed by atoms with Gasteiger partial charge in [-0.1, -0.05) is 42.4 Å². The van der Waals surface area contributed by atoms with Crippen LogP contribution in [0.4, 0.5) is 0 Å². The molecule has 0 amide bonds. The van der Waals surface area contributed by atoms with Crippen LogP contribution in [0.5, 0.6) is 0 Å². The van der Waals surface area contributed by atoms with Crippen molar-refractivity contribution in [1.29, 1.82) is 0 Å². The molecule has 0 fully saturated rings. The van der Waals surface area contributed by atoms with Gasteiger partial charge in [0.2, 0.25) is 5.76 Å². The lowest BCUT2D eigenvalue weighted by Gasteiger charge is -2.07. The number of esters is 1. The molecule has 0 spiro atoms. The Morgan fingerprint density at radius 3 is 2.60 bits per heavy atom. The van der Waals surface area contributed by atoms with E-state index in [4.69, 9.17) is 9.26 Å². The summed E-state index contributed by atoms with van der Waals surface area (Å²) < 4.78 is 33.8. The Morgan fingerprint density at radius 1 is 1.25 bits per heavy atom. The van der Waals surface area contributed by atoms with E-state index < -0.39 is 21.2 Å². The quantitative estimate of drug-likeness (QED) is 0.804. The van der Waals surface area contributed by atoms with Crippen molar-refractivity contribution in [3.8, 4) is 11.3 Å². The van der Waals surface area contributed by atoms with E-state index in [1.807, 2.05) is 6.07 Å². The monoisotopic (exact) mass is 293 g/mol. The summed E-state index contributed by atoms with van der Waals surface area (Å²) in [4.78, 5) is 11.9. The Kier molecular flexibility index (Phi) is 2.86. The Hall–Kier alpha value is -2.15. The van der Waals surface area contributed by atoms with Gasteiger partial charge in [-0.3, -0.25) is 0 Å². The molecular weight excluding hydrogens is 282 g/mol. The molecule has 1 aromatic heterocycles. The molecule has 1 aliphatic heterocycles. The van der Waals surface area contributed by atoms with E-state index in [1.165, 1.54) is 6.92 Å². The van der Waals surface area contributed by atoms with E-state index in [9.17, 15) is 13.2 Å². The van der Waals surface area contributed by atoms with Gasteiger partial charge >= 0.3 is 5.97 Å². The highest BCUT2D eigenvalue weighted by atomic mass is 32.2. The molecule has 1 aromatic carbocycles. The van der Waals surface area contributed by atoms with Gasteiger partial charge in [0.25, 0.3) is 5.44 Å². The van der Waals surface area contributed by atoms with Crippen molar-refractivity contribution in [2.45, 2.75) is 12.4 Å². The van der Waals surface area contributed by atoms with Gasteiger partial charge in [0.1, 0.15) is 11.3 Å². The van der Waals surface area contributed by atoms with E-state index in [-0.39, 0.29) is 17.1 Å². The first-order valence-corrected chi connectivity index (χ1v) is 7.73. The number of hydrogen-bond acceptors (Lipinski definition) is 6. The number of aromatic nitrogens is 1. The van der Waals surface area contributed by atoms with Crippen LogP contribution >= 0.6 is 0 Å². The van der Waals surface area contributed by atoms with Crippen molar-refractivity contribution in [2.75, 3.05) is 5.75 Å². The SMILES string of the molecule is CCS(=O)(=O)C1OC(=O)c2c(-c3ccccc3)noc21. The van der Waals surface area contributed by atoms with Crippen molar-refractivity contribution < 1.29 is 22.5 Å². The van der Waals surface area contributed by atoms with Crippen molar-refractivity contribution >= 4 is 15.8 Å². The van der Waals surface area contributed by atoms with Crippen LogP contribution in [0, 0.1) is 0 Å². The second kappa shape index (κ2) is 4.45. The second-order valence-electron chi connectivity index (χ2n) is 4.33. The highest BCUT2D eigenvalue weighted by Crippen LogP contribution is 2.39. The standard InChI is InChI=1S/C13H11NO5S/c1-2-20(16,17)13-11-9(12(15)18-13)10(14-19-11)8-6-4-3-5-7-8/h3-7,13H,2H2,1H3. The predicted molar refractivity (Wildman–Crippen MR) is 69.6 cm³/mol. The van der Waals surface area contributed by atoms with Crippen LogP contribution in [0.2, 0.25) is 0 Å². The molecule has 0 saturated carbocycles. The van der Waals surface area contributed by atoms with Gasteiger partial charge in [-0.15, -0.1) is 0 Å². The predicted octanol–water partition coefficient (Wildman–Crippen LogP) is 1.95. The highest BCUT2D eigenvalue weighted by molar-refractivity contribution is 7.91. The molecular formula is C13H11NO5S. The van der Waals surface area contributed by atoms with E-state index in [0.29, 0.717) is 11.3 Å². The van der Waals surface area contributed by atoms with Crippen LogP contribution in [0.1, 0.15) is 28.5 Å². The molecule has 3 rings (SSSR count). The third kappa shape index (κ3) is 1.82. The molecule has 6 nitrogen and oxygen atoms in total. The van der Waals surface area contributed by atoms with Gasteiger partial charge in [0.05, 0.1) is 5.75 Å². The smallest absolute Gasteiger partial charge is 0.346 e. The number of carbonyl (C=O) groups excluding carboxylic acids is 1. The van der Waals surface area contributed by atoms with Gasteiger partial charge in [-0.25, -0.2) is 13.2 Å². The molecule has 1 unspecified atom stereocenters. The summed E-state index contributed by atoms with van der Waals surface area (Å²) in [5, 5.41) is 3.82. The number of ether oxygens (including phenoxy) is 1. The zero-order chi connectivity index (χ0) is 14.3. The van der Waals surface area contributed by atoms with Crippen molar-refractivity contribution in [3.63, 3.8) is 0 Å². The lowest BCUT2D eigenvalue weighted by Crippen LogP contribution is -2.15. The normalized spacial score (nSPS) is 17.9. The average Bonchev–Trinajstić information content (AvgIpc) is 3.02. The summed E-state index contributed by atoms with van der Waals surface area (Å²) in [7, 11) is -3.59. The first-order valence-electron chi connectivity index (χ1n) is 6.02. The minimum Gasteiger partial charge on any atom is -0.434 e. The van der Waals surface area contributed by atoms with Gasteiger partial charge in [-0.2, -0.15) is 0 Å².